The van der Waals surface area contributed by atoms with Gasteiger partial charge in [-0.2, -0.15) is 11.8 Å². The molecule has 0 aromatic carbocycles. The molecule has 0 bridgehead atoms. The van der Waals surface area contributed by atoms with Gasteiger partial charge in [-0.05, 0) is 25.7 Å². The number of hydrazine groups is 1. The van der Waals surface area contributed by atoms with Crippen molar-refractivity contribution in [3.05, 3.63) is 0 Å². The minimum absolute atomic E-state index is 0.0525. The van der Waals surface area contributed by atoms with Crippen LogP contribution in [0.3, 0.4) is 0 Å². The van der Waals surface area contributed by atoms with Crippen molar-refractivity contribution < 1.29 is 14.4 Å². The van der Waals surface area contributed by atoms with Crippen LogP contribution >= 0.6 is 11.8 Å². The number of hydrogen-bond donors (Lipinski definition) is 5. The van der Waals surface area contributed by atoms with Gasteiger partial charge in [0.25, 0.3) is 0 Å². The Bertz CT molecular complexity index is 477. The summed E-state index contributed by atoms with van der Waals surface area (Å²) in [5.74, 6) is 5.92. The zero-order valence-corrected chi connectivity index (χ0v) is 15.3. The Kier molecular flexibility index (Phi) is 8.33. The van der Waals surface area contributed by atoms with Crippen molar-refractivity contribution in [3.63, 3.8) is 0 Å². The molecule has 3 atom stereocenters. The maximum absolute atomic E-state index is 11.8. The number of unbranched alkanes of at least 4 members (excludes halogenated alkanes) is 3. The van der Waals surface area contributed by atoms with Crippen LogP contribution < -0.4 is 27.2 Å². The monoisotopic (exact) mass is 371 g/mol. The molecule has 2 fully saturated rings. The Morgan fingerprint density at radius 2 is 1.84 bits per heavy atom. The molecule has 9 heteroatoms. The fraction of sp³-hybridized carbons (Fsp3) is 0.812. The largest absolute Gasteiger partial charge is 0.356 e. The lowest BCUT2D eigenvalue weighted by Crippen LogP contribution is -2.36. The maximum Gasteiger partial charge on any atom is 0.315 e. The van der Waals surface area contributed by atoms with Crippen LogP contribution in [-0.2, 0) is 9.59 Å². The third-order valence-electron chi connectivity index (χ3n) is 4.64. The first-order chi connectivity index (χ1) is 12.1. The van der Waals surface area contributed by atoms with Gasteiger partial charge in [0.05, 0.1) is 12.1 Å². The van der Waals surface area contributed by atoms with Gasteiger partial charge in [0.15, 0.2) is 0 Å². The zero-order valence-electron chi connectivity index (χ0n) is 14.5. The number of hydrogen-bond acceptors (Lipinski definition) is 5. The second kappa shape index (κ2) is 10.5. The van der Waals surface area contributed by atoms with E-state index in [1.165, 1.54) is 0 Å². The standard InChI is InChI=1S/C16H29N5O3S/c17-21-14(23)8-2-1-5-9-18-13(22)7-4-3-6-12-15-11(10-25-12)19-16(24)20-15/h11-12,15H,1-10,17H2,(H,18,22)(H,21,23)(H2,19,20,24)/t11-,12-,15+/m0/s1. The van der Waals surface area contributed by atoms with Crippen LogP contribution in [0.4, 0.5) is 4.79 Å². The average molecular weight is 372 g/mol. The first-order valence-corrected chi connectivity index (χ1v) is 10.1. The summed E-state index contributed by atoms with van der Waals surface area (Å²) in [4.78, 5) is 34.1. The zero-order chi connectivity index (χ0) is 18.1. The third kappa shape index (κ3) is 6.74. The summed E-state index contributed by atoms with van der Waals surface area (Å²) >= 11 is 1.91. The molecule has 2 rings (SSSR count). The number of urea groups is 1. The Labute approximate surface area is 152 Å². The van der Waals surface area contributed by atoms with Gasteiger partial charge in [-0.25, -0.2) is 10.6 Å². The van der Waals surface area contributed by atoms with Gasteiger partial charge in [-0.3, -0.25) is 15.0 Å². The van der Waals surface area contributed by atoms with Crippen molar-refractivity contribution in [2.24, 2.45) is 5.84 Å². The molecule has 2 aliphatic rings. The smallest absolute Gasteiger partial charge is 0.315 e. The van der Waals surface area contributed by atoms with Crippen molar-refractivity contribution >= 4 is 29.6 Å². The summed E-state index contributed by atoms with van der Waals surface area (Å²) in [5.41, 5.74) is 2.10. The van der Waals surface area contributed by atoms with Gasteiger partial charge in [-0.1, -0.05) is 12.8 Å². The molecule has 2 saturated heterocycles. The van der Waals surface area contributed by atoms with E-state index in [4.69, 9.17) is 5.84 Å². The first-order valence-electron chi connectivity index (χ1n) is 9.05. The second-order valence-electron chi connectivity index (χ2n) is 6.60. The highest BCUT2D eigenvalue weighted by Crippen LogP contribution is 2.33. The molecule has 4 amide bonds. The lowest BCUT2D eigenvalue weighted by molar-refractivity contribution is -0.122. The van der Waals surface area contributed by atoms with Crippen LogP contribution in [0.25, 0.3) is 0 Å². The third-order valence-corrected chi connectivity index (χ3v) is 6.15. The van der Waals surface area contributed by atoms with E-state index in [1.54, 1.807) is 0 Å². The highest BCUT2D eigenvalue weighted by molar-refractivity contribution is 8.00. The summed E-state index contributed by atoms with van der Waals surface area (Å²) in [6, 6.07) is 0.456. The van der Waals surface area contributed by atoms with Crippen molar-refractivity contribution in [1.29, 1.82) is 0 Å². The molecule has 0 aromatic rings. The first kappa shape index (κ1) is 19.8. The summed E-state index contributed by atoms with van der Waals surface area (Å²) in [5, 5.41) is 9.30. The molecule has 8 nitrogen and oxygen atoms in total. The molecule has 142 valence electrons. The predicted molar refractivity (Wildman–Crippen MR) is 97.8 cm³/mol. The van der Waals surface area contributed by atoms with Gasteiger partial charge in [-0.15, -0.1) is 0 Å². The molecule has 0 aliphatic carbocycles. The van der Waals surface area contributed by atoms with Crippen LogP contribution in [-0.4, -0.2) is 47.5 Å². The van der Waals surface area contributed by atoms with E-state index in [9.17, 15) is 14.4 Å². The molecule has 0 unspecified atom stereocenters. The van der Waals surface area contributed by atoms with Crippen molar-refractivity contribution in [2.45, 2.75) is 68.7 Å². The fourth-order valence-electron chi connectivity index (χ4n) is 3.25. The summed E-state index contributed by atoms with van der Waals surface area (Å²) in [6.07, 6.45) is 6.44. The molecule has 0 saturated carbocycles. The minimum Gasteiger partial charge on any atom is -0.356 e. The van der Waals surface area contributed by atoms with Gasteiger partial charge >= 0.3 is 6.03 Å². The lowest BCUT2D eigenvalue weighted by atomic mass is 10.0. The number of nitrogens with one attached hydrogen (secondary N) is 4. The maximum atomic E-state index is 11.8. The second-order valence-corrected chi connectivity index (χ2v) is 7.87. The molecule has 25 heavy (non-hydrogen) atoms. The Hall–Kier alpha value is -1.48. The number of carbonyl (C=O) groups is 3. The lowest BCUT2D eigenvalue weighted by Gasteiger charge is -2.16. The molecule has 2 aliphatic heterocycles. The fourth-order valence-corrected chi connectivity index (χ4v) is 4.79. The average Bonchev–Trinajstić information content (AvgIpc) is 3.14. The Morgan fingerprint density at radius 3 is 2.64 bits per heavy atom. The molecule has 0 radical (unpaired) electrons. The van der Waals surface area contributed by atoms with Gasteiger partial charge in [0.2, 0.25) is 11.8 Å². The molecule has 2 heterocycles. The van der Waals surface area contributed by atoms with E-state index in [2.05, 4.69) is 21.4 Å². The van der Waals surface area contributed by atoms with E-state index in [-0.39, 0.29) is 29.9 Å². The van der Waals surface area contributed by atoms with Gasteiger partial charge < -0.3 is 16.0 Å². The van der Waals surface area contributed by atoms with Crippen LogP contribution in [0.15, 0.2) is 0 Å². The minimum atomic E-state index is -0.149. The summed E-state index contributed by atoms with van der Waals surface area (Å²) < 4.78 is 0. The molecule has 0 aromatic heterocycles. The highest BCUT2D eigenvalue weighted by Gasteiger charge is 2.42. The van der Waals surface area contributed by atoms with E-state index < -0.39 is 0 Å². The molecule has 6 N–H and O–H groups in total. The topological polar surface area (TPSA) is 125 Å². The van der Waals surface area contributed by atoms with Crippen LogP contribution in [0.2, 0.25) is 0 Å². The van der Waals surface area contributed by atoms with Gasteiger partial charge in [0, 0.05) is 30.4 Å². The number of amides is 4. The molecular weight excluding hydrogens is 342 g/mol. The Morgan fingerprint density at radius 1 is 1.08 bits per heavy atom. The summed E-state index contributed by atoms with van der Waals surface area (Å²) in [7, 11) is 0. The van der Waals surface area contributed by atoms with Crippen molar-refractivity contribution in [1.82, 2.24) is 21.4 Å². The van der Waals surface area contributed by atoms with Crippen LogP contribution in [0, 0.1) is 0 Å². The van der Waals surface area contributed by atoms with Crippen LogP contribution in [0.5, 0.6) is 0 Å². The number of fused-ring (bicyclic) bond motifs is 1. The SMILES string of the molecule is NNC(=O)CCCCCNC(=O)CCCC[C@@H]1SC[C@@H]2NC(=O)N[C@H]21. The summed E-state index contributed by atoms with van der Waals surface area (Å²) in [6.45, 7) is 0.656. The molecule has 0 spiro atoms. The quantitative estimate of drug-likeness (QED) is 0.118. The van der Waals surface area contributed by atoms with Crippen molar-refractivity contribution in [3.8, 4) is 0 Å². The highest BCUT2D eigenvalue weighted by atomic mass is 32.2. The van der Waals surface area contributed by atoms with Gasteiger partial charge in [0.1, 0.15) is 0 Å². The number of nitrogens with two attached hydrogens (primary N) is 1. The predicted octanol–water partition coefficient (Wildman–Crippen LogP) is 0.379. The van der Waals surface area contributed by atoms with E-state index >= 15 is 0 Å². The number of rotatable bonds is 11. The van der Waals surface area contributed by atoms with E-state index in [0.717, 1.165) is 44.3 Å². The van der Waals surface area contributed by atoms with Crippen molar-refractivity contribution in [2.75, 3.05) is 12.3 Å². The normalized spacial score (nSPS) is 24.4. The van der Waals surface area contributed by atoms with Crippen LogP contribution in [0.1, 0.15) is 51.4 Å². The molecular formula is C16H29N5O3S. The number of thioether (sulfide) groups is 1. The van der Waals surface area contributed by atoms with E-state index in [0.29, 0.717) is 24.6 Å². The number of carbonyl (C=O) groups excluding carboxylic acids is 3. The van der Waals surface area contributed by atoms with E-state index in [1.807, 2.05) is 11.8 Å². The Balaban J connectivity index is 1.44.